The molecule has 0 rings (SSSR count). The highest BCUT2D eigenvalue weighted by Gasteiger charge is 2.21. The predicted molar refractivity (Wildman–Crippen MR) is 81.8 cm³/mol. The summed E-state index contributed by atoms with van der Waals surface area (Å²) in [5, 5.41) is 2.76. The average molecular weight is 297 g/mol. The number of rotatable bonds is 11. The first-order valence-electron chi connectivity index (χ1n) is 6.73. The molecule has 18 heavy (non-hydrogen) atoms. The number of hydrogen-bond donors (Lipinski definition) is 2. The van der Waals surface area contributed by atoms with Gasteiger partial charge < -0.3 is 5.32 Å². The summed E-state index contributed by atoms with van der Waals surface area (Å²) in [6, 6.07) is 0.0164. The summed E-state index contributed by atoms with van der Waals surface area (Å²) in [4.78, 5) is 0. The summed E-state index contributed by atoms with van der Waals surface area (Å²) in [6.45, 7) is 9.24. The van der Waals surface area contributed by atoms with Crippen molar-refractivity contribution in [3.05, 3.63) is 0 Å². The van der Waals surface area contributed by atoms with E-state index in [1.807, 2.05) is 18.7 Å². The molecular weight excluding hydrogens is 268 g/mol. The lowest BCUT2D eigenvalue weighted by atomic mass is 10.3. The Kier molecular flexibility index (Phi) is 10.2. The molecule has 0 aliphatic rings. The molecule has 0 aromatic heterocycles. The lowest BCUT2D eigenvalue weighted by Gasteiger charge is -2.18. The fourth-order valence-electron chi connectivity index (χ4n) is 1.45. The minimum absolute atomic E-state index is 0.0164. The van der Waals surface area contributed by atoms with Crippen LogP contribution in [-0.4, -0.2) is 44.3 Å². The maximum atomic E-state index is 12.0. The predicted octanol–water partition coefficient (Wildman–Crippen LogP) is 1.83. The zero-order valence-corrected chi connectivity index (χ0v) is 13.7. The van der Waals surface area contributed by atoms with Crippen LogP contribution in [0.3, 0.4) is 0 Å². The van der Waals surface area contributed by atoms with E-state index in [9.17, 15) is 8.42 Å². The molecule has 0 heterocycles. The third-order valence-electron chi connectivity index (χ3n) is 2.65. The van der Waals surface area contributed by atoms with Crippen LogP contribution in [0.2, 0.25) is 0 Å². The molecule has 0 aliphatic carbocycles. The molecule has 0 bridgehead atoms. The first kappa shape index (κ1) is 18.2. The highest BCUT2D eigenvalue weighted by atomic mass is 32.2. The van der Waals surface area contributed by atoms with Gasteiger partial charge >= 0.3 is 0 Å². The molecule has 2 atom stereocenters. The van der Waals surface area contributed by atoms with Crippen molar-refractivity contribution in [2.24, 2.45) is 0 Å². The van der Waals surface area contributed by atoms with Gasteiger partial charge in [-0.05, 0) is 44.7 Å². The average Bonchev–Trinajstić information content (AvgIpc) is 2.28. The van der Waals surface area contributed by atoms with Gasteiger partial charge in [-0.2, -0.15) is 11.8 Å². The van der Waals surface area contributed by atoms with Gasteiger partial charge in [-0.15, -0.1) is 0 Å². The maximum absolute atomic E-state index is 12.0. The van der Waals surface area contributed by atoms with Gasteiger partial charge in [-0.1, -0.05) is 13.8 Å². The van der Waals surface area contributed by atoms with Crippen molar-refractivity contribution in [1.82, 2.24) is 10.0 Å². The van der Waals surface area contributed by atoms with Crippen molar-refractivity contribution in [3.8, 4) is 0 Å². The van der Waals surface area contributed by atoms with Crippen molar-refractivity contribution < 1.29 is 8.42 Å². The van der Waals surface area contributed by atoms with E-state index in [1.165, 1.54) is 0 Å². The Hall–Kier alpha value is 0.220. The highest BCUT2D eigenvalue weighted by Crippen LogP contribution is 2.06. The van der Waals surface area contributed by atoms with Gasteiger partial charge in [0.15, 0.2) is 0 Å². The Balaban J connectivity index is 4.03. The van der Waals surface area contributed by atoms with Crippen LogP contribution in [-0.2, 0) is 10.0 Å². The summed E-state index contributed by atoms with van der Waals surface area (Å²) >= 11 is 1.84. The van der Waals surface area contributed by atoms with Gasteiger partial charge in [0.1, 0.15) is 0 Å². The number of nitrogens with one attached hydrogen (secondary N) is 2. The van der Waals surface area contributed by atoms with Crippen molar-refractivity contribution in [2.45, 2.75) is 51.8 Å². The first-order valence-corrected chi connectivity index (χ1v) is 9.43. The second-order valence-electron chi connectivity index (χ2n) is 4.56. The van der Waals surface area contributed by atoms with E-state index in [4.69, 9.17) is 0 Å². The van der Waals surface area contributed by atoms with Crippen molar-refractivity contribution in [2.75, 3.05) is 24.6 Å². The van der Waals surface area contributed by atoms with Gasteiger partial charge in [0.25, 0.3) is 0 Å². The highest BCUT2D eigenvalue weighted by molar-refractivity contribution is 7.99. The second-order valence-corrected chi connectivity index (χ2v) is 8.09. The lowest BCUT2D eigenvalue weighted by Crippen LogP contribution is -2.43. The Bertz CT molecular complexity index is 294. The molecule has 2 N–H and O–H groups in total. The largest absolute Gasteiger partial charge is 0.315 e. The van der Waals surface area contributed by atoms with Crippen LogP contribution in [0.5, 0.6) is 0 Å². The fourth-order valence-corrected chi connectivity index (χ4v) is 3.51. The van der Waals surface area contributed by atoms with Gasteiger partial charge in [0, 0.05) is 12.6 Å². The molecular formula is C12H28N2O2S2. The molecule has 0 amide bonds. The number of hydrogen-bond acceptors (Lipinski definition) is 4. The normalized spacial score (nSPS) is 15.6. The van der Waals surface area contributed by atoms with Crippen LogP contribution in [0, 0.1) is 0 Å². The topological polar surface area (TPSA) is 58.2 Å². The van der Waals surface area contributed by atoms with E-state index in [2.05, 4.69) is 23.9 Å². The molecule has 0 aromatic carbocycles. The molecule has 0 spiro atoms. The summed E-state index contributed by atoms with van der Waals surface area (Å²) in [6.07, 6.45) is 1.90. The van der Waals surface area contributed by atoms with E-state index in [-0.39, 0.29) is 11.3 Å². The van der Waals surface area contributed by atoms with E-state index >= 15 is 0 Å². The zero-order valence-electron chi connectivity index (χ0n) is 12.0. The van der Waals surface area contributed by atoms with E-state index < -0.39 is 10.0 Å². The Morgan fingerprint density at radius 2 is 1.89 bits per heavy atom. The molecule has 0 fully saturated rings. The lowest BCUT2D eigenvalue weighted by molar-refractivity contribution is 0.537. The Morgan fingerprint density at radius 3 is 2.44 bits per heavy atom. The zero-order chi connectivity index (χ0) is 14.0. The minimum atomic E-state index is -3.20. The molecule has 0 aromatic rings. The van der Waals surface area contributed by atoms with E-state index in [0.29, 0.717) is 6.54 Å². The number of sulfonamides is 1. The first-order chi connectivity index (χ1) is 8.44. The minimum Gasteiger partial charge on any atom is -0.315 e. The molecule has 6 heteroatoms. The molecule has 110 valence electrons. The third-order valence-corrected chi connectivity index (χ3v) is 5.54. The van der Waals surface area contributed by atoms with E-state index in [0.717, 1.165) is 30.9 Å². The number of thioether (sulfide) groups is 1. The van der Waals surface area contributed by atoms with Gasteiger partial charge in [-0.3, -0.25) is 0 Å². The Labute approximate surface area is 117 Å². The van der Waals surface area contributed by atoms with Crippen molar-refractivity contribution >= 4 is 21.8 Å². The third kappa shape index (κ3) is 8.34. The van der Waals surface area contributed by atoms with Crippen LogP contribution in [0.25, 0.3) is 0 Å². The maximum Gasteiger partial charge on any atom is 0.215 e. The van der Waals surface area contributed by atoms with Crippen molar-refractivity contribution in [3.63, 3.8) is 0 Å². The quantitative estimate of drug-likeness (QED) is 0.571. The standard InChI is InChI=1S/C12H28N2O2S2/c1-5-8-13-10-12(4)18(15,16)14-11(3)7-9-17-6-2/h11-14H,5-10H2,1-4H3. The van der Waals surface area contributed by atoms with Crippen LogP contribution in [0.15, 0.2) is 0 Å². The summed E-state index contributed by atoms with van der Waals surface area (Å²) in [7, 11) is -3.20. The van der Waals surface area contributed by atoms with Gasteiger partial charge in [0.2, 0.25) is 10.0 Å². The molecule has 0 radical (unpaired) electrons. The van der Waals surface area contributed by atoms with E-state index in [1.54, 1.807) is 6.92 Å². The van der Waals surface area contributed by atoms with Crippen LogP contribution in [0.1, 0.15) is 40.5 Å². The van der Waals surface area contributed by atoms with Crippen LogP contribution < -0.4 is 10.0 Å². The van der Waals surface area contributed by atoms with Crippen LogP contribution >= 0.6 is 11.8 Å². The summed E-state index contributed by atoms with van der Waals surface area (Å²) in [5.41, 5.74) is 0. The monoisotopic (exact) mass is 296 g/mol. The van der Waals surface area contributed by atoms with Crippen LogP contribution in [0.4, 0.5) is 0 Å². The summed E-state index contributed by atoms with van der Waals surface area (Å²) in [5.74, 6) is 2.08. The fraction of sp³-hybridized carbons (Fsp3) is 1.00. The SMILES string of the molecule is CCCNCC(C)S(=O)(=O)NC(C)CCSCC. The van der Waals surface area contributed by atoms with Crippen molar-refractivity contribution in [1.29, 1.82) is 0 Å². The molecule has 2 unspecified atom stereocenters. The second kappa shape index (κ2) is 10.1. The summed E-state index contributed by atoms with van der Waals surface area (Å²) < 4.78 is 26.8. The molecule has 0 saturated carbocycles. The molecule has 4 nitrogen and oxygen atoms in total. The smallest absolute Gasteiger partial charge is 0.215 e. The molecule has 0 aliphatic heterocycles. The van der Waals surface area contributed by atoms with Gasteiger partial charge in [0.05, 0.1) is 5.25 Å². The van der Waals surface area contributed by atoms with Gasteiger partial charge in [-0.25, -0.2) is 13.1 Å². The molecule has 0 saturated heterocycles. The Morgan fingerprint density at radius 1 is 1.22 bits per heavy atom.